The lowest BCUT2D eigenvalue weighted by Gasteiger charge is -2.31. The molecule has 1 fully saturated rings. The molecule has 2 aliphatic rings. The summed E-state index contributed by atoms with van der Waals surface area (Å²) in [4.78, 5) is 11.8. The van der Waals surface area contributed by atoms with Crippen molar-refractivity contribution < 1.29 is 0 Å². The van der Waals surface area contributed by atoms with Crippen LogP contribution in [0.1, 0.15) is 63.6 Å². The number of hydrogen-bond donors (Lipinski definition) is 3. The number of rotatable bonds is 6. The van der Waals surface area contributed by atoms with Crippen molar-refractivity contribution in [3.05, 3.63) is 11.3 Å². The van der Waals surface area contributed by atoms with E-state index in [4.69, 9.17) is 22.2 Å². The van der Waals surface area contributed by atoms with Crippen LogP contribution in [0.5, 0.6) is 0 Å². The molecule has 3 rings (SSSR count). The molecule has 2 aliphatic carbocycles. The summed E-state index contributed by atoms with van der Waals surface area (Å²) in [7, 11) is 4.15. The molecule has 0 amide bonds. The minimum Gasteiger partial charge on any atom is -0.362 e. The fourth-order valence-electron chi connectivity index (χ4n) is 4.11. The standard InChI is InChI=1S/C21H36N6S/c1-14(2)13-22-21(28)24-16-11-9-15(10-12-16)23-20-25-18-8-6-5-7-17(18)19(26-20)27(3)4/h14-16H,5-13H2,1-4H3,(H2,22,24,28)(H,23,25,26)/t15-,16+. The molecule has 3 N–H and O–H groups in total. The van der Waals surface area contributed by atoms with Crippen molar-refractivity contribution in [2.75, 3.05) is 30.9 Å². The average Bonchev–Trinajstić information content (AvgIpc) is 2.67. The minimum absolute atomic E-state index is 0.437. The molecule has 0 bridgehead atoms. The van der Waals surface area contributed by atoms with Gasteiger partial charge in [-0.25, -0.2) is 4.98 Å². The van der Waals surface area contributed by atoms with E-state index in [-0.39, 0.29) is 0 Å². The van der Waals surface area contributed by atoms with Gasteiger partial charge in [0.15, 0.2) is 5.11 Å². The lowest BCUT2D eigenvalue weighted by molar-refractivity contribution is 0.385. The van der Waals surface area contributed by atoms with Crippen LogP contribution in [0.25, 0.3) is 0 Å². The Morgan fingerprint density at radius 3 is 2.43 bits per heavy atom. The fraction of sp³-hybridized carbons (Fsp3) is 0.762. The van der Waals surface area contributed by atoms with Crippen molar-refractivity contribution in [3.63, 3.8) is 0 Å². The number of nitrogens with one attached hydrogen (secondary N) is 3. The molecule has 0 atom stereocenters. The molecular weight excluding hydrogens is 368 g/mol. The van der Waals surface area contributed by atoms with Gasteiger partial charge in [-0.3, -0.25) is 0 Å². The average molecular weight is 405 g/mol. The minimum atomic E-state index is 0.437. The van der Waals surface area contributed by atoms with Crippen molar-refractivity contribution >= 4 is 29.1 Å². The van der Waals surface area contributed by atoms with E-state index in [0.29, 0.717) is 18.0 Å². The predicted octanol–water partition coefficient (Wildman–Crippen LogP) is 3.26. The highest BCUT2D eigenvalue weighted by atomic mass is 32.1. The molecule has 7 heteroatoms. The normalized spacial score (nSPS) is 21.8. The van der Waals surface area contributed by atoms with Crippen LogP contribution < -0.4 is 20.9 Å². The molecule has 28 heavy (non-hydrogen) atoms. The second kappa shape index (κ2) is 9.72. The number of aryl methyl sites for hydroxylation is 1. The Bertz CT molecular complexity index is 667. The van der Waals surface area contributed by atoms with Crippen molar-refractivity contribution in [1.82, 2.24) is 20.6 Å². The van der Waals surface area contributed by atoms with Crippen LogP contribution in [0.4, 0.5) is 11.8 Å². The van der Waals surface area contributed by atoms with Crippen LogP contribution in [0.15, 0.2) is 0 Å². The van der Waals surface area contributed by atoms with Crippen LogP contribution in [0.2, 0.25) is 0 Å². The number of nitrogens with zero attached hydrogens (tertiary/aromatic N) is 3. The molecule has 0 unspecified atom stereocenters. The van der Waals surface area contributed by atoms with Gasteiger partial charge in [-0.2, -0.15) is 4.98 Å². The summed E-state index contributed by atoms with van der Waals surface area (Å²) in [5.74, 6) is 2.49. The Balaban J connectivity index is 1.53. The molecule has 0 spiro atoms. The molecule has 0 radical (unpaired) electrons. The summed E-state index contributed by atoms with van der Waals surface area (Å²) in [5, 5.41) is 11.2. The van der Waals surface area contributed by atoms with E-state index in [2.05, 4.69) is 48.8 Å². The highest BCUT2D eigenvalue weighted by molar-refractivity contribution is 7.80. The zero-order valence-electron chi connectivity index (χ0n) is 17.8. The third-order valence-corrected chi connectivity index (χ3v) is 5.91. The summed E-state index contributed by atoms with van der Waals surface area (Å²) in [6.07, 6.45) is 9.12. The Hall–Kier alpha value is -1.63. The van der Waals surface area contributed by atoms with E-state index in [0.717, 1.165) is 61.9 Å². The number of fused-ring (bicyclic) bond motifs is 1. The maximum absolute atomic E-state index is 5.42. The largest absolute Gasteiger partial charge is 0.362 e. The molecule has 1 heterocycles. The third-order valence-electron chi connectivity index (χ3n) is 5.65. The maximum Gasteiger partial charge on any atom is 0.225 e. The van der Waals surface area contributed by atoms with Crippen LogP contribution in [-0.2, 0) is 12.8 Å². The predicted molar refractivity (Wildman–Crippen MR) is 121 cm³/mol. The first-order chi connectivity index (χ1) is 13.4. The van der Waals surface area contributed by atoms with Gasteiger partial charge in [0.1, 0.15) is 5.82 Å². The third kappa shape index (κ3) is 5.69. The molecule has 6 nitrogen and oxygen atoms in total. The Morgan fingerprint density at radius 2 is 1.75 bits per heavy atom. The van der Waals surface area contributed by atoms with Crippen molar-refractivity contribution in [2.45, 2.75) is 77.3 Å². The van der Waals surface area contributed by atoms with Gasteiger partial charge in [0.2, 0.25) is 5.95 Å². The lowest BCUT2D eigenvalue weighted by atomic mass is 9.91. The van der Waals surface area contributed by atoms with Crippen LogP contribution in [0.3, 0.4) is 0 Å². The Morgan fingerprint density at radius 1 is 1.07 bits per heavy atom. The van der Waals surface area contributed by atoms with Crippen LogP contribution in [-0.4, -0.2) is 47.8 Å². The summed E-state index contributed by atoms with van der Waals surface area (Å²) in [6.45, 7) is 5.31. The van der Waals surface area contributed by atoms with Gasteiger partial charge < -0.3 is 20.9 Å². The zero-order chi connectivity index (χ0) is 20.1. The van der Waals surface area contributed by atoms with Gasteiger partial charge >= 0.3 is 0 Å². The summed E-state index contributed by atoms with van der Waals surface area (Å²) < 4.78 is 0. The van der Waals surface area contributed by atoms with Gasteiger partial charge in [0.25, 0.3) is 0 Å². The van der Waals surface area contributed by atoms with Gasteiger partial charge in [-0.05, 0) is 69.5 Å². The summed E-state index contributed by atoms with van der Waals surface area (Å²) >= 11 is 5.42. The fourth-order valence-corrected chi connectivity index (χ4v) is 4.36. The quantitative estimate of drug-likeness (QED) is 0.629. The molecule has 1 saturated carbocycles. The van der Waals surface area contributed by atoms with Crippen molar-refractivity contribution in [3.8, 4) is 0 Å². The molecule has 156 valence electrons. The first kappa shape index (κ1) is 21.1. The number of thiocarbonyl (C=S) groups is 1. The Kier molecular flexibility index (Phi) is 7.32. The van der Waals surface area contributed by atoms with Gasteiger partial charge in [-0.15, -0.1) is 0 Å². The second-order valence-electron chi connectivity index (χ2n) is 8.84. The van der Waals surface area contributed by atoms with E-state index < -0.39 is 0 Å². The van der Waals surface area contributed by atoms with Gasteiger partial charge in [0.05, 0.1) is 5.69 Å². The first-order valence-electron chi connectivity index (χ1n) is 10.8. The second-order valence-corrected chi connectivity index (χ2v) is 9.25. The number of hydrogen-bond acceptors (Lipinski definition) is 5. The van der Waals surface area contributed by atoms with Gasteiger partial charge in [-0.1, -0.05) is 13.8 Å². The van der Waals surface area contributed by atoms with Gasteiger partial charge in [0, 0.05) is 38.3 Å². The maximum atomic E-state index is 5.42. The molecular formula is C21H36N6S. The molecule has 1 aromatic heterocycles. The van der Waals surface area contributed by atoms with E-state index in [1.54, 1.807) is 0 Å². The van der Waals surface area contributed by atoms with Crippen molar-refractivity contribution in [1.29, 1.82) is 0 Å². The highest BCUT2D eigenvalue weighted by Gasteiger charge is 2.24. The SMILES string of the molecule is CC(C)CNC(=S)N[C@H]1CC[C@@H](Nc2nc3c(c(N(C)C)n2)CCCC3)CC1. The Labute approximate surface area is 175 Å². The van der Waals surface area contributed by atoms with Crippen molar-refractivity contribution in [2.24, 2.45) is 5.92 Å². The molecule has 0 aliphatic heterocycles. The van der Waals surface area contributed by atoms with E-state index in [1.165, 1.54) is 24.1 Å². The topological polar surface area (TPSA) is 65.1 Å². The van der Waals surface area contributed by atoms with Crippen LogP contribution >= 0.6 is 12.2 Å². The number of anilines is 2. The summed E-state index contributed by atoms with van der Waals surface area (Å²) in [6, 6.07) is 0.902. The monoisotopic (exact) mass is 404 g/mol. The zero-order valence-corrected chi connectivity index (χ0v) is 18.7. The highest BCUT2D eigenvalue weighted by Crippen LogP contribution is 2.29. The first-order valence-corrected chi connectivity index (χ1v) is 11.2. The summed E-state index contributed by atoms with van der Waals surface area (Å²) in [5.41, 5.74) is 2.58. The van der Waals surface area contributed by atoms with Crippen LogP contribution in [0, 0.1) is 5.92 Å². The van der Waals surface area contributed by atoms with E-state index in [1.807, 2.05) is 0 Å². The molecule has 0 saturated heterocycles. The lowest BCUT2D eigenvalue weighted by Crippen LogP contribution is -2.45. The molecule has 1 aromatic rings. The number of aromatic nitrogens is 2. The smallest absolute Gasteiger partial charge is 0.225 e. The van der Waals surface area contributed by atoms with E-state index >= 15 is 0 Å². The molecule has 0 aromatic carbocycles. The van der Waals surface area contributed by atoms with E-state index in [9.17, 15) is 0 Å².